The molecule has 3 N–H and O–H groups in total. The maximum Gasteiger partial charge on any atom is 0.163 e. The molecular weight excluding hydrogens is 216 g/mol. The first-order valence-corrected chi connectivity index (χ1v) is 5.31. The molecule has 1 aliphatic rings. The molecule has 0 spiro atoms. The Morgan fingerprint density at radius 3 is 2.44 bits per heavy atom. The predicted octanol–water partition coefficient (Wildman–Crippen LogP) is -1.13. The van der Waals surface area contributed by atoms with Gasteiger partial charge in [0.05, 0.1) is 26.4 Å². The minimum atomic E-state index is -0.831. The molecule has 16 heavy (non-hydrogen) atoms. The van der Waals surface area contributed by atoms with Crippen molar-refractivity contribution in [1.29, 1.82) is 0 Å². The lowest BCUT2D eigenvalue weighted by molar-refractivity contribution is -0.159. The van der Waals surface area contributed by atoms with Gasteiger partial charge in [-0.05, 0) is 13.8 Å². The van der Waals surface area contributed by atoms with Crippen molar-refractivity contribution in [3.05, 3.63) is 0 Å². The van der Waals surface area contributed by atoms with Crippen LogP contribution in [0.2, 0.25) is 0 Å². The van der Waals surface area contributed by atoms with Gasteiger partial charge < -0.3 is 29.5 Å². The van der Waals surface area contributed by atoms with Gasteiger partial charge in [0.2, 0.25) is 0 Å². The average Bonchev–Trinajstić information content (AvgIpc) is 2.60. The van der Waals surface area contributed by atoms with Gasteiger partial charge in [-0.2, -0.15) is 0 Å². The molecule has 1 fully saturated rings. The van der Waals surface area contributed by atoms with E-state index in [1.807, 2.05) is 0 Å². The number of aliphatic hydroxyl groups excluding tert-OH is 3. The lowest BCUT2D eigenvalue weighted by atomic mass is 10.2. The Kier molecular flexibility index (Phi) is 5.10. The van der Waals surface area contributed by atoms with Crippen molar-refractivity contribution < 1.29 is 29.5 Å². The van der Waals surface area contributed by atoms with Gasteiger partial charge in [-0.1, -0.05) is 0 Å². The Morgan fingerprint density at radius 2 is 2.00 bits per heavy atom. The molecule has 96 valence electrons. The van der Waals surface area contributed by atoms with Crippen LogP contribution in [0, 0.1) is 0 Å². The van der Waals surface area contributed by atoms with Crippen LogP contribution in [0.1, 0.15) is 13.8 Å². The molecule has 0 aromatic rings. The van der Waals surface area contributed by atoms with E-state index < -0.39 is 24.1 Å². The molecule has 0 aliphatic carbocycles. The molecule has 0 bridgehead atoms. The molecule has 0 aromatic carbocycles. The minimum Gasteiger partial charge on any atom is -0.394 e. The summed E-state index contributed by atoms with van der Waals surface area (Å²) >= 11 is 0. The van der Waals surface area contributed by atoms with E-state index in [-0.39, 0.29) is 19.8 Å². The second kappa shape index (κ2) is 5.90. The van der Waals surface area contributed by atoms with Crippen LogP contribution in [0.5, 0.6) is 0 Å². The van der Waals surface area contributed by atoms with E-state index in [9.17, 15) is 5.11 Å². The van der Waals surface area contributed by atoms with Crippen molar-refractivity contribution in [2.24, 2.45) is 0 Å². The van der Waals surface area contributed by atoms with E-state index >= 15 is 0 Å². The first kappa shape index (κ1) is 13.8. The highest BCUT2D eigenvalue weighted by Gasteiger charge is 2.36. The second-order valence-corrected chi connectivity index (χ2v) is 4.25. The Morgan fingerprint density at radius 1 is 1.38 bits per heavy atom. The van der Waals surface area contributed by atoms with Gasteiger partial charge in [-0.15, -0.1) is 0 Å². The molecule has 0 aromatic heterocycles. The highest BCUT2D eigenvalue weighted by Crippen LogP contribution is 2.24. The molecule has 0 amide bonds. The molecule has 1 rings (SSSR count). The zero-order valence-electron chi connectivity index (χ0n) is 9.63. The smallest absolute Gasteiger partial charge is 0.163 e. The summed E-state index contributed by atoms with van der Waals surface area (Å²) in [7, 11) is 0. The molecule has 1 aliphatic heterocycles. The van der Waals surface area contributed by atoms with Gasteiger partial charge in [0.1, 0.15) is 18.3 Å². The molecule has 0 saturated carbocycles. The van der Waals surface area contributed by atoms with E-state index in [0.717, 1.165) is 0 Å². The predicted molar refractivity (Wildman–Crippen MR) is 54.8 cm³/mol. The van der Waals surface area contributed by atoms with Crippen molar-refractivity contribution in [2.45, 2.75) is 37.9 Å². The first-order chi connectivity index (χ1) is 7.48. The van der Waals surface area contributed by atoms with Crippen LogP contribution >= 0.6 is 0 Å². The van der Waals surface area contributed by atoms with Gasteiger partial charge in [0.15, 0.2) is 5.79 Å². The van der Waals surface area contributed by atoms with Crippen molar-refractivity contribution in [3.8, 4) is 0 Å². The highest BCUT2D eigenvalue weighted by atomic mass is 16.7. The van der Waals surface area contributed by atoms with E-state index in [1.54, 1.807) is 13.8 Å². The van der Waals surface area contributed by atoms with Crippen LogP contribution in [0.25, 0.3) is 0 Å². The fourth-order valence-corrected chi connectivity index (χ4v) is 1.41. The van der Waals surface area contributed by atoms with Crippen molar-refractivity contribution in [3.63, 3.8) is 0 Å². The summed E-state index contributed by atoms with van der Waals surface area (Å²) in [4.78, 5) is 0. The third kappa shape index (κ3) is 3.97. The largest absolute Gasteiger partial charge is 0.394 e. The molecule has 1 saturated heterocycles. The van der Waals surface area contributed by atoms with Crippen LogP contribution in [-0.2, 0) is 14.2 Å². The molecule has 6 nitrogen and oxygen atoms in total. The second-order valence-electron chi connectivity index (χ2n) is 4.25. The topological polar surface area (TPSA) is 88.4 Å². The average molecular weight is 236 g/mol. The van der Waals surface area contributed by atoms with Gasteiger partial charge in [-0.3, -0.25) is 0 Å². The van der Waals surface area contributed by atoms with Gasteiger partial charge >= 0.3 is 0 Å². The Balaban J connectivity index is 2.28. The summed E-state index contributed by atoms with van der Waals surface area (Å²) in [6, 6.07) is 0. The van der Waals surface area contributed by atoms with Gasteiger partial charge in [-0.25, -0.2) is 0 Å². The SMILES string of the molecule is CC1(C)OCC(C(O)COC(CO)CO)O1. The quantitative estimate of drug-likeness (QED) is 0.541. The normalized spacial score (nSPS) is 26.2. The van der Waals surface area contributed by atoms with E-state index in [1.165, 1.54) is 0 Å². The Labute approximate surface area is 94.7 Å². The summed E-state index contributed by atoms with van der Waals surface area (Å²) in [6.45, 7) is 3.28. The van der Waals surface area contributed by atoms with E-state index in [0.29, 0.717) is 6.61 Å². The molecule has 6 heteroatoms. The monoisotopic (exact) mass is 236 g/mol. The van der Waals surface area contributed by atoms with Gasteiger partial charge in [0, 0.05) is 0 Å². The fourth-order valence-electron chi connectivity index (χ4n) is 1.41. The Bertz CT molecular complexity index is 203. The summed E-state index contributed by atoms with van der Waals surface area (Å²) in [5, 5.41) is 27.3. The maximum absolute atomic E-state index is 9.73. The molecular formula is C10H20O6. The molecule has 2 atom stereocenters. The molecule has 0 radical (unpaired) electrons. The number of aliphatic hydroxyl groups is 3. The van der Waals surface area contributed by atoms with Crippen LogP contribution in [0.15, 0.2) is 0 Å². The number of hydrogen-bond acceptors (Lipinski definition) is 6. The van der Waals surface area contributed by atoms with Gasteiger partial charge in [0.25, 0.3) is 0 Å². The zero-order valence-corrected chi connectivity index (χ0v) is 9.63. The number of hydrogen-bond donors (Lipinski definition) is 3. The van der Waals surface area contributed by atoms with E-state index in [4.69, 9.17) is 24.4 Å². The fraction of sp³-hybridized carbons (Fsp3) is 1.00. The van der Waals surface area contributed by atoms with Crippen LogP contribution in [0.3, 0.4) is 0 Å². The van der Waals surface area contributed by atoms with Crippen LogP contribution < -0.4 is 0 Å². The summed E-state index contributed by atoms with van der Waals surface area (Å²) in [5.41, 5.74) is 0. The summed E-state index contributed by atoms with van der Waals surface area (Å²) < 4.78 is 15.8. The Hall–Kier alpha value is -0.240. The number of ether oxygens (including phenoxy) is 3. The van der Waals surface area contributed by atoms with Crippen molar-refractivity contribution >= 4 is 0 Å². The molecule has 2 unspecified atom stereocenters. The summed E-state index contributed by atoms with van der Waals surface area (Å²) in [5.74, 6) is -0.682. The number of rotatable bonds is 6. The summed E-state index contributed by atoms with van der Waals surface area (Å²) in [6.07, 6.45) is -1.93. The minimum absolute atomic E-state index is 0.00407. The zero-order chi connectivity index (χ0) is 12.2. The third-order valence-electron chi connectivity index (χ3n) is 2.37. The van der Waals surface area contributed by atoms with Crippen molar-refractivity contribution in [1.82, 2.24) is 0 Å². The van der Waals surface area contributed by atoms with E-state index in [2.05, 4.69) is 0 Å². The molecule has 1 heterocycles. The van der Waals surface area contributed by atoms with Crippen LogP contribution in [-0.4, -0.2) is 65.8 Å². The highest BCUT2D eigenvalue weighted by molar-refractivity contribution is 4.77. The van der Waals surface area contributed by atoms with Crippen LogP contribution in [0.4, 0.5) is 0 Å². The third-order valence-corrected chi connectivity index (χ3v) is 2.37. The van der Waals surface area contributed by atoms with Crippen molar-refractivity contribution in [2.75, 3.05) is 26.4 Å². The standard InChI is InChI=1S/C10H20O6/c1-10(2)15-6-9(16-10)8(13)5-14-7(3-11)4-12/h7-9,11-13H,3-6H2,1-2H3. The maximum atomic E-state index is 9.73. The lowest BCUT2D eigenvalue weighted by Gasteiger charge is -2.21. The lowest BCUT2D eigenvalue weighted by Crippen LogP contribution is -2.36. The first-order valence-electron chi connectivity index (χ1n) is 5.31.